The summed E-state index contributed by atoms with van der Waals surface area (Å²) >= 11 is 0. The summed E-state index contributed by atoms with van der Waals surface area (Å²) in [4.78, 5) is 12.4. The van der Waals surface area contributed by atoms with Gasteiger partial charge in [-0.25, -0.2) is 8.78 Å². The van der Waals surface area contributed by atoms with Crippen LogP contribution >= 0.6 is 0 Å². The summed E-state index contributed by atoms with van der Waals surface area (Å²) in [6, 6.07) is 0.973. The zero-order valence-electron chi connectivity index (χ0n) is 7.40. The number of aromatic amines is 1. The maximum atomic E-state index is 12.3. The highest BCUT2D eigenvalue weighted by atomic mass is 19.4. The Balaban J connectivity index is 3.65. The molecule has 86 valence electrons. The number of H-pyrrole nitrogens is 1. The van der Waals surface area contributed by atoms with E-state index in [2.05, 4.69) is 0 Å². The average Bonchev–Trinajstić information content (AvgIpc) is 2.14. The van der Waals surface area contributed by atoms with E-state index in [-0.39, 0.29) is 6.20 Å². The Hall–Kier alpha value is -1.91. The van der Waals surface area contributed by atoms with E-state index >= 15 is 0 Å². The summed E-state index contributed by atoms with van der Waals surface area (Å²) in [5.74, 6) is 0. The first-order valence-electron chi connectivity index (χ1n) is 3.80. The Morgan fingerprint density at radius 2 is 1.94 bits per heavy atom. The van der Waals surface area contributed by atoms with Crippen LogP contribution in [0.5, 0.6) is 0 Å². The molecular weight excluding hydrogens is 235 g/mol. The van der Waals surface area contributed by atoms with Crippen molar-refractivity contribution in [2.45, 2.75) is 12.6 Å². The molecule has 1 N–H and O–H groups in total. The second kappa shape index (κ2) is 3.92. The van der Waals surface area contributed by atoms with E-state index in [1.807, 2.05) is 0 Å². The molecule has 1 heterocycles. The molecule has 0 aromatic carbocycles. The Morgan fingerprint density at radius 1 is 1.38 bits per heavy atom. The highest BCUT2D eigenvalue weighted by Gasteiger charge is 2.37. The second-order valence-corrected chi connectivity index (χ2v) is 2.73. The first-order valence-corrected chi connectivity index (χ1v) is 3.80. The van der Waals surface area contributed by atoms with E-state index in [1.54, 1.807) is 0 Å². The van der Waals surface area contributed by atoms with Gasteiger partial charge in [-0.05, 0) is 0 Å². The molecule has 0 saturated heterocycles. The van der Waals surface area contributed by atoms with Gasteiger partial charge in [0.05, 0.1) is 11.1 Å². The summed E-state index contributed by atoms with van der Waals surface area (Å²) < 4.78 is 61.5. The van der Waals surface area contributed by atoms with Gasteiger partial charge < -0.3 is 4.98 Å². The lowest BCUT2D eigenvalue weighted by Gasteiger charge is -2.10. The lowest BCUT2D eigenvalue weighted by atomic mass is 10.1. The van der Waals surface area contributed by atoms with Crippen LogP contribution in [0.25, 0.3) is 0 Å². The first kappa shape index (κ1) is 12.2. The van der Waals surface area contributed by atoms with Crippen molar-refractivity contribution in [1.82, 2.24) is 4.98 Å². The third-order valence-electron chi connectivity index (χ3n) is 1.77. The molecular formula is C8H3F5N2O. The Kier molecular flexibility index (Phi) is 2.98. The van der Waals surface area contributed by atoms with Crippen LogP contribution in [-0.4, -0.2) is 4.98 Å². The number of hydrogen-bond donors (Lipinski definition) is 1. The maximum Gasteiger partial charge on any atom is 0.419 e. The largest absolute Gasteiger partial charge is 0.419 e. The number of nitriles is 1. The molecule has 0 aliphatic rings. The van der Waals surface area contributed by atoms with Gasteiger partial charge in [0.15, 0.2) is 0 Å². The van der Waals surface area contributed by atoms with Gasteiger partial charge in [-0.1, -0.05) is 0 Å². The van der Waals surface area contributed by atoms with Crippen LogP contribution in [0.3, 0.4) is 0 Å². The van der Waals surface area contributed by atoms with Gasteiger partial charge in [-0.3, -0.25) is 4.79 Å². The van der Waals surface area contributed by atoms with Crippen LogP contribution in [0.1, 0.15) is 23.1 Å². The van der Waals surface area contributed by atoms with Crippen molar-refractivity contribution < 1.29 is 22.0 Å². The minimum Gasteiger partial charge on any atom is -0.328 e. The Bertz CT molecular complexity index is 497. The van der Waals surface area contributed by atoms with Crippen LogP contribution in [0.4, 0.5) is 22.0 Å². The van der Waals surface area contributed by atoms with Gasteiger partial charge in [0.25, 0.3) is 12.0 Å². The summed E-state index contributed by atoms with van der Waals surface area (Å²) in [7, 11) is 0. The number of halogens is 5. The van der Waals surface area contributed by atoms with E-state index in [0.29, 0.717) is 0 Å². The second-order valence-electron chi connectivity index (χ2n) is 2.73. The number of nitrogens with zero attached hydrogens (tertiary/aromatic N) is 1. The molecule has 0 radical (unpaired) electrons. The molecule has 16 heavy (non-hydrogen) atoms. The first-order chi connectivity index (χ1) is 7.29. The SMILES string of the molecule is N#Cc1c(C(F)(F)F)c[nH]c(=O)c1C(F)F. The van der Waals surface area contributed by atoms with Gasteiger partial charge in [0, 0.05) is 6.20 Å². The number of aromatic nitrogens is 1. The lowest BCUT2D eigenvalue weighted by molar-refractivity contribution is -0.138. The zero-order valence-corrected chi connectivity index (χ0v) is 7.40. The molecule has 0 atom stereocenters. The molecule has 0 amide bonds. The summed E-state index contributed by atoms with van der Waals surface area (Å²) in [5.41, 5.74) is -5.78. The number of pyridine rings is 1. The van der Waals surface area contributed by atoms with Crippen LogP contribution in [0.15, 0.2) is 11.0 Å². The summed E-state index contributed by atoms with van der Waals surface area (Å²) in [6.07, 6.45) is -8.22. The molecule has 0 aliphatic carbocycles. The molecule has 1 rings (SSSR count). The molecule has 3 nitrogen and oxygen atoms in total. The van der Waals surface area contributed by atoms with E-state index < -0.39 is 34.9 Å². The van der Waals surface area contributed by atoms with Crippen molar-refractivity contribution >= 4 is 0 Å². The molecule has 8 heteroatoms. The fourth-order valence-corrected chi connectivity index (χ4v) is 1.10. The van der Waals surface area contributed by atoms with Crippen molar-refractivity contribution in [3.8, 4) is 6.07 Å². The van der Waals surface area contributed by atoms with E-state index in [9.17, 15) is 26.7 Å². The third kappa shape index (κ3) is 2.03. The highest BCUT2D eigenvalue weighted by molar-refractivity contribution is 5.44. The standard InChI is InChI=1S/C8H3F5N2O/c9-6(10)5-3(1-14)4(8(11,12)13)2-15-7(5)16/h2,6H,(H,15,16). The number of rotatable bonds is 1. The number of hydrogen-bond acceptors (Lipinski definition) is 2. The summed E-state index contributed by atoms with van der Waals surface area (Å²) in [5, 5.41) is 8.40. The van der Waals surface area contributed by atoms with Crippen molar-refractivity contribution in [3.05, 3.63) is 33.2 Å². The smallest absolute Gasteiger partial charge is 0.328 e. The van der Waals surface area contributed by atoms with Gasteiger partial charge in [0.1, 0.15) is 11.6 Å². The minimum absolute atomic E-state index is 0.201. The van der Waals surface area contributed by atoms with E-state index in [1.165, 1.54) is 4.98 Å². The fourth-order valence-electron chi connectivity index (χ4n) is 1.10. The molecule has 0 bridgehead atoms. The van der Waals surface area contributed by atoms with Crippen LogP contribution in [0, 0.1) is 11.3 Å². The minimum atomic E-state index is -4.97. The topological polar surface area (TPSA) is 56.6 Å². The molecule has 0 fully saturated rings. The Morgan fingerprint density at radius 3 is 2.31 bits per heavy atom. The van der Waals surface area contributed by atoms with Crippen molar-refractivity contribution in [3.63, 3.8) is 0 Å². The van der Waals surface area contributed by atoms with Crippen LogP contribution < -0.4 is 5.56 Å². The van der Waals surface area contributed by atoms with Crippen molar-refractivity contribution in [2.24, 2.45) is 0 Å². The monoisotopic (exact) mass is 238 g/mol. The van der Waals surface area contributed by atoms with Crippen molar-refractivity contribution in [2.75, 3.05) is 0 Å². The predicted molar refractivity (Wildman–Crippen MR) is 41.7 cm³/mol. The van der Waals surface area contributed by atoms with Crippen molar-refractivity contribution in [1.29, 1.82) is 5.26 Å². The molecule has 0 aliphatic heterocycles. The van der Waals surface area contributed by atoms with Crippen LogP contribution in [0.2, 0.25) is 0 Å². The predicted octanol–water partition coefficient (Wildman–Crippen LogP) is 2.20. The quantitative estimate of drug-likeness (QED) is 0.762. The highest BCUT2D eigenvalue weighted by Crippen LogP contribution is 2.33. The maximum absolute atomic E-state index is 12.3. The van der Waals surface area contributed by atoms with Gasteiger partial charge in [-0.2, -0.15) is 18.4 Å². The molecule has 0 spiro atoms. The van der Waals surface area contributed by atoms with E-state index in [0.717, 1.165) is 6.07 Å². The number of nitrogens with one attached hydrogen (secondary N) is 1. The Labute approximate surface area is 85.1 Å². The number of alkyl halides is 5. The van der Waals surface area contributed by atoms with E-state index in [4.69, 9.17) is 5.26 Å². The molecule has 1 aromatic heterocycles. The molecule has 0 unspecified atom stereocenters. The average molecular weight is 238 g/mol. The fraction of sp³-hybridized carbons (Fsp3) is 0.250. The zero-order chi connectivity index (χ0) is 12.5. The third-order valence-corrected chi connectivity index (χ3v) is 1.77. The molecule has 1 aromatic rings. The molecule has 0 saturated carbocycles. The van der Waals surface area contributed by atoms with Gasteiger partial charge in [-0.15, -0.1) is 0 Å². The van der Waals surface area contributed by atoms with Crippen LogP contribution in [-0.2, 0) is 6.18 Å². The summed E-state index contributed by atoms with van der Waals surface area (Å²) in [6.45, 7) is 0. The van der Waals surface area contributed by atoms with Gasteiger partial charge >= 0.3 is 6.18 Å². The van der Waals surface area contributed by atoms with Gasteiger partial charge in [0.2, 0.25) is 0 Å². The normalized spacial score (nSPS) is 11.6. The lowest BCUT2D eigenvalue weighted by Crippen LogP contribution is -2.20.